The van der Waals surface area contributed by atoms with E-state index < -0.39 is 23.6 Å². The fraction of sp³-hybridized carbons (Fsp3) is 0.379. The van der Waals surface area contributed by atoms with Gasteiger partial charge in [0.1, 0.15) is 18.8 Å². The number of hydrogen-bond donors (Lipinski definition) is 1. The molecule has 3 aliphatic heterocycles. The van der Waals surface area contributed by atoms with Gasteiger partial charge in [-0.05, 0) is 44.5 Å². The van der Waals surface area contributed by atoms with Crippen molar-refractivity contribution in [3.05, 3.63) is 59.8 Å². The van der Waals surface area contributed by atoms with E-state index in [9.17, 15) is 23.2 Å². The molecule has 2 bridgehead atoms. The van der Waals surface area contributed by atoms with E-state index in [0.717, 1.165) is 12.1 Å². The Morgan fingerprint density at radius 1 is 1.26 bits per heavy atom. The number of halogens is 3. The van der Waals surface area contributed by atoms with E-state index in [1.807, 2.05) is 18.7 Å². The number of carbonyl (C=O) groups is 1. The number of fused-ring (bicyclic) bond motifs is 4. The molecular weight excluding hydrogens is 553 g/mol. The molecule has 3 aliphatic rings. The van der Waals surface area contributed by atoms with Crippen molar-refractivity contribution in [3.63, 3.8) is 0 Å². The lowest BCUT2D eigenvalue weighted by molar-refractivity contribution is -0.141. The molecule has 2 aromatic heterocycles. The Kier molecular flexibility index (Phi) is 6.90. The van der Waals surface area contributed by atoms with Crippen molar-refractivity contribution < 1.29 is 32.2 Å². The normalized spacial score (nSPS) is 20.7. The first-order chi connectivity index (χ1) is 20.0. The second-order valence-electron chi connectivity index (χ2n) is 10.8. The Morgan fingerprint density at radius 2 is 2.10 bits per heavy atom. The Hall–Kier alpha value is -4.41. The van der Waals surface area contributed by atoms with Gasteiger partial charge in [-0.25, -0.2) is 14.8 Å². The molecule has 0 radical (unpaired) electrons. The van der Waals surface area contributed by atoms with Crippen molar-refractivity contribution in [1.82, 2.24) is 9.97 Å². The van der Waals surface area contributed by atoms with Crippen LogP contribution in [0, 0.1) is 11.3 Å². The number of benzene rings is 1. The molecule has 10 nitrogen and oxygen atoms in total. The van der Waals surface area contributed by atoms with Gasteiger partial charge >= 0.3 is 12.2 Å². The van der Waals surface area contributed by atoms with E-state index in [-0.39, 0.29) is 47.3 Å². The summed E-state index contributed by atoms with van der Waals surface area (Å²) in [5, 5.41) is 12.7. The van der Waals surface area contributed by atoms with Gasteiger partial charge in [-0.3, -0.25) is 4.90 Å². The number of urea groups is 1. The fourth-order valence-electron chi connectivity index (χ4n) is 5.43. The first-order valence-corrected chi connectivity index (χ1v) is 13.4. The maximum atomic E-state index is 13.7. The Labute approximate surface area is 239 Å². The number of nitrogens with zero attached hydrogens (tertiary/aromatic N) is 5. The van der Waals surface area contributed by atoms with E-state index in [4.69, 9.17) is 14.2 Å². The third-order valence-electron chi connectivity index (χ3n) is 7.35. The van der Waals surface area contributed by atoms with E-state index in [2.05, 4.69) is 21.4 Å². The van der Waals surface area contributed by atoms with E-state index in [1.54, 1.807) is 18.2 Å². The van der Waals surface area contributed by atoms with E-state index in [1.165, 1.54) is 23.2 Å². The van der Waals surface area contributed by atoms with Gasteiger partial charge in [0.15, 0.2) is 11.6 Å². The number of nitrogens with one attached hydrogen (secondary N) is 1. The Balaban J connectivity index is 1.27. The van der Waals surface area contributed by atoms with Crippen LogP contribution in [0.2, 0.25) is 0 Å². The first-order valence-electron chi connectivity index (χ1n) is 13.4. The van der Waals surface area contributed by atoms with Crippen molar-refractivity contribution in [3.8, 4) is 23.2 Å². The lowest BCUT2D eigenvalue weighted by atomic mass is 10.0. The molecule has 2 atom stereocenters. The van der Waals surface area contributed by atoms with Gasteiger partial charge in [0.05, 0.1) is 35.2 Å². The van der Waals surface area contributed by atoms with Crippen LogP contribution in [-0.4, -0.2) is 60.2 Å². The summed E-state index contributed by atoms with van der Waals surface area (Å²) >= 11 is 0. The molecule has 2 amide bonds. The minimum absolute atomic E-state index is 0.0727. The summed E-state index contributed by atoms with van der Waals surface area (Å²) in [6, 6.07) is 10.8. The first kappa shape index (κ1) is 27.7. The zero-order chi connectivity index (χ0) is 29.6. The number of pyridine rings is 2. The largest absolute Gasteiger partial charge is 0.475 e. The lowest BCUT2D eigenvalue weighted by Crippen LogP contribution is -2.48. The van der Waals surface area contributed by atoms with Crippen molar-refractivity contribution in [2.45, 2.75) is 44.4 Å². The van der Waals surface area contributed by atoms with Crippen LogP contribution in [0.25, 0.3) is 11.3 Å². The van der Waals surface area contributed by atoms with Crippen molar-refractivity contribution in [2.24, 2.45) is 0 Å². The Bertz CT molecular complexity index is 1570. The topological polar surface area (TPSA) is 113 Å². The highest BCUT2D eigenvalue weighted by Crippen LogP contribution is 2.42. The molecule has 1 aromatic carbocycles. The Morgan fingerprint density at radius 3 is 2.83 bits per heavy atom. The molecule has 0 saturated carbocycles. The SMILES string of the molecule is CC1(C)OC[C@@H](COc2cc(NC(=O)N3c4nc(-c5cccc(C(F)(F)F)c5)c(C#N)cc4N4CCC3C4)ccn2)O1. The van der Waals surface area contributed by atoms with Gasteiger partial charge in [0.2, 0.25) is 5.88 Å². The zero-order valence-corrected chi connectivity index (χ0v) is 22.8. The maximum absolute atomic E-state index is 13.7. The average molecular weight is 581 g/mol. The van der Waals surface area contributed by atoms with Gasteiger partial charge in [0.25, 0.3) is 0 Å². The third kappa shape index (κ3) is 5.43. The predicted octanol–water partition coefficient (Wildman–Crippen LogP) is 5.20. The predicted molar refractivity (Wildman–Crippen MR) is 146 cm³/mol. The van der Waals surface area contributed by atoms with Crippen LogP contribution in [0.15, 0.2) is 48.7 Å². The number of carbonyl (C=O) groups excluding carboxylic acids is 1. The number of hydrogen-bond acceptors (Lipinski definition) is 8. The molecule has 2 fully saturated rings. The van der Waals surface area contributed by atoms with Crippen LogP contribution >= 0.6 is 0 Å². The number of amides is 2. The second-order valence-corrected chi connectivity index (χ2v) is 10.8. The van der Waals surface area contributed by atoms with Gasteiger partial charge in [-0.1, -0.05) is 12.1 Å². The van der Waals surface area contributed by atoms with Crippen LogP contribution in [0.3, 0.4) is 0 Å². The maximum Gasteiger partial charge on any atom is 0.416 e. The molecule has 6 rings (SSSR count). The van der Waals surface area contributed by atoms with Gasteiger partial charge in [0, 0.05) is 36.6 Å². The number of alkyl halides is 3. The molecule has 1 N–H and O–H groups in total. The number of aromatic nitrogens is 2. The number of rotatable bonds is 5. The van der Waals surface area contributed by atoms with E-state index in [0.29, 0.717) is 37.5 Å². The standard InChI is InChI=1S/C29H27F3N6O4/c1-28(2)41-16-22(42-28)15-40-24-12-20(6-8-34-24)35-27(39)38-21-7-9-37(14-21)23-11-18(13-33)25(36-26(23)38)17-4-3-5-19(10-17)29(30,31)32/h3-6,8,10-12,21-22H,7,9,14-16H2,1-2H3,(H,34,35,39)/t21?,22-/m1/s1. The number of nitriles is 1. The molecule has 13 heteroatoms. The molecule has 218 valence electrons. The average Bonchev–Trinajstić information content (AvgIpc) is 3.54. The summed E-state index contributed by atoms with van der Waals surface area (Å²) < 4.78 is 57.4. The summed E-state index contributed by atoms with van der Waals surface area (Å²) in [6.45, 7) is 5.44. The van der Waals surface area contributed by atoms with Gasteiger partial charge in [-0.15, -0.1) is 0 Å². The fourth-order valence-corrected chi connectivity index (χ4v) is 5.43. The van der Waals surface area contributed by atoms with Crippen molar-refractivity contribution in [1.29, 1.82) is 5.26 Å². The summed E-state index contributed by atoms with van der Waals surface area (Å²) in [5.74, 6) is -0.115. The van der Waals surface area contributed by atoms with E-state index >= 15 is 0 Å². The number of ether oxygens (including phenoxy) is 3. The van der Waals surface area contributed by atoms with Crippen LogP contribution in [-0.2, 0) is 15.7 Å². The quantitative estimate of drug-likeness (QED) is 0.439. The van der Waals surface area contributed by atoms with Gasteiger partial charge < -0.3 is 24.4 Å². The molecule has 3 aromatic rings. The molecule has 0 aliphatic carbocycles. The summed E-state index contributed by atoms with van der Waals surface area (Å²) in [6.07, 6.45) is -2.65. The molecule has 2 saturated heterocycles. The third-order valence-corrected chi connectivity index (χ3v) is 7.35. The van der Waals surface area contributed by atoms with Crippen molar-refractivity contribution in [2.75, 3.05) is 41.4 Å². The molecular formula is C29H27F3N6O4. The summed E-state index contributed by atoms with van der Waals surface area (Å²) in [4.78, 5) is 26.1. The number of anilines is 3. The summed E-state index contributed by atoms with van der Waals surface area (Å²) in [7, 11) is 0. The van der Waals surface area contributed by atoms with Crippen LogP contribution < -0.4 is 19.9 Å². The molecule has 0 spiro atoms. The molecule has 1 unspecified atom stereocenters. The minimum atomic E-state index is -4.56. The van der Waals surface area contributed by atoms with Crippen molar-refractivity contribution >= 4 is 23.2 Å². The van der Waals surface area contributed by atoms with Crippen LogP contribution in [0.4, 0.5) is 35.2 Å². The smallest absolute Gasteiger partial charge is 0.416 e. The zero-order valence-electron chi connectivity index (χ0n) is 22.8. The monoisotopic (exact) mass is 580 g/mol. The highest BCUT2D eigenvalue weighted by molar-refractivity contribution is 6.05. The van der Waals surface area contributed by atoms with Crippen LogP contribution in [0.5, 0.6) is 5.88 Å². The molecule has 5 heterocycles. The molecule has 42 heavy (non-hydrogen) atoms. The van der Waals surface area contributed by atoms with Crippen LogP contribution in [0.1, 0.15) is 31.4 Å². The second kappa shape index (κ2) is 10.5. The minimum Gasteiger partial charge on any atom is -0.475 e. The highest BCUT2D eigenvalue weighted by atomic mass is 19.4. The lowest BCUT2D eigenvalue weighted by Gasteiger charge is -2.36. The summed E-state index contributed by atoms with van der Waals surface area (Å²) in [5.41, 5.74) is 0.481. The highest BCUT2D eigenvalue weighted by Gasteiger charge is 2.41. The van der Waals surface area contributed by atoms with Gasteiger partial charge in [-0.2, -0.15) is 18.4 Å².